The fourth-order valence-corrected chi connectivity index (χ4v) is 4.32. The van der Waals surface area contributed by atoms with Crippen molar-refractivity contribution >= 4 is 34.8 Å². The number of rotatable bonds is 10. The third-order valence-electron chi connectivity index (χ3n) is 5.17. The van der Waals surface area contributed by atoms with E-state index in [1.54, 1.807) is 54.6 Å². The minimum atomic E-state index is -0.370. The lowest BCUT2D eigenvalue weighted by molar-refractivity contribution is -0.118. The summed E-state index contributed by atoms with van der Waals surface area (Å²) in [5.41, 5.74) is 4.06. The molecule has 4 rings (SSSR count). The number of phenolic OH excluding ortho intramolecular Hbond substituents is 1. The number of amides is 1. The lowest BCUT2D eigenvalue weighted by Gasteiger charge is -2.13. The van der Waals surface area contributed by atoms with Crippen LogP contribution in [-0.4, -0.2) is 45.7 Å². The van der Waals surface area contributed by atoms with Gasteiger partial charge in [-0.3, -0.25) is 14.2 Å². The van der Waals surface area contributed by atoms with Gasteiger partial charge in [-0.25, -0.2) is 10.4 Å². The predicted molar refractivity (Wildman–Crippen MR) is 144 cm³/mol. The highest BCUT2D eigenvalue weighted by atomic mass is 32.2. The summed E-state index contributed by atoms with van der Waals surface area (Å²) >= 11 is 1.13. The van der Waals surface area contributed by atoms with Crippen molar-refractivity contribution in [2.24, 2.45) is 5.10 Å². The average Bonchev–Trinajstić information content (AvgIpc) is 2.90. The summed E-state index contributed by atoms with van der Waals surface area (Å²) in [6, 6.07) is 19.0. The van der Waals surface area contributed by atoms with Gasteiger partial charge in [0.2, 0.25) is 0 Å². The molecular weight excluding hydrogens is 492 g/mol. The zero-order chi connectivity index (χ0) is 26.2. The third-order valence-corrected chi connectivity index (χ3v) is 6.11. The Hall–Kier alpha value is -4.31. The number of ether oxygens (including phenoxy) is 2. The molecule has 0 saturated carbocycles. The third kappa shape index (κ3) is 6.28. The molecule has 0 aliphatic rings. The van der Waals surface area contributed by atoms with E-state index < -0.39 is 0 Å². The molecule has 37 heavy (non-hydrogen) atoms. The summed E-state index contributed by atoms with van der Waals surface area (Å²) < 4.78 is 12.4. The molecule has 0 aliphatic heterocycles. The van der Waals surface area contributed by atoms with Crippen LogP contribution in [0.15, 0.2) is 81.8 Å². The second kappa shape index (κ2) is 12.1. The molecule has 0 bridgehead atoms. The van der Waals surface area contributed by atoms with Gasteiger partial charge in [-0.05, 0) is 74.0 Å². The number of para-hydroxylation sites is 1. The second-order valence-electron chi connectivity index (χ2n) is 7.72. The van der Waals surface area contributed by atoms with E-state index in [0.717, 1.165) is 11.8 Å². The Morgan fingerprint density at radius 3 is 2.59 bits per heavy atom. The van der Waals surface area contributed by atoms with E-state index in [1.807, 2.05) is 19.9 Å². The Morgan fingerprint density at radius 1 is 1.08 bits per heavy atom. The molecule has 0 saturated heterocycles. The van der Waals surface area contributed by atoms with Gasteiger partial charge in [0.05, 0.1) is 41.8 Å². The van der Waals surface area contributed by atoms with E-state index in [4.69, 9.17) is 9.47 Å². The number of thioether (sulfide) groups is 1. The molecule has 1 amide bonds. The van der Waals surface area contributed by atoms with Crippen LogP contribution in [0, 0.1) is 0 Å². The number of hydrogen-bond acceptors (Lipinski definition) is 8. The van der Waals surface area contributed by atoms with Crippen molar-refractivity contribution in [3.8, 4) is 22.9 Å². The Balaban J connectivity index is 1.52. The highest BCUT2D eigenvalue weighted by molar-refractivity contribution is 7.99. The number of nitrogens with zero attached hydrogens (tertiary/aromatic N) is 3. The van der Waals surface area contributed by atoms with E-state index in [-0.39, 0.29) is 23.0 Å². The number of benzene rings is 3. The van der Waals surface area contributed by atoms with Crippen molar-refractivity contribution in [1.82, 2.24) is 15.0 Å². The molecule has 10 heteroatoms. The first-order valence-electron chi connectivity index (χ1n) is 11.7. The van der Waals surface area contributed by atoms with E-state index in [9.17, 15) is 14.7 Å². The zero-order valence-corrected chi connectivity index (χ0v) is 21.2. The van der Waals surface area contributed by atoms with Gasteiger partial charge in [0, 0.05) is 0 Å². The summed E-state index contributed by atoms with van der Waals surface area (Å²) in [6.07, 6.45) is 1.45. The first-order chi connectivity index (χ1) is 18.0. The fraction of sp³-hybridized carbons (Fsp3) is 0.185. The first-order valence-corrected chi connectivity index (χ1v) is 12.6. The van der Waals surface area contributed by atoms with Crippen molar-refractivity contribution in [1.29, 1.82) is 0 Å². The number of hydrazone groups is 1. The minimum Gasteiger partial charge on any atom is -0.504 e. The fourth-order valence-electron chi connectivity index (χ4n) is 3.52. The molecule has 9 nitrogen and oxygen atoms in total. The maximum atomic E-state index is 13.4. The number of nitrogens with one attached hydrogen (secondary N) is 1. The number of phenols is 1. The van der Waals surface area contributed by atoms with Crippen LogP contribution in [0.2, 0.25) is 0 Å². The second-order valence-corrected chi connectivity index (χ2v) is 8.66. The monoisotopic (exact) mass is 518 g/mol. The smallest absolute Gasteiger partial charge is 0.266 e. The number of aromatic hydroxyl groups is 1. The highest BCUT2D eigenvalue weighted by Gasteiger charge is 2.15. The Bertz CT molecular complexity index is 1480. The number of hydrogen-bond donors (Lipinski definition) is 2. The maximum Gasteiger partial charge on any atom is 0.266 e. The largest absolute Gasteiger partial charge is 0.504 e. The molecule has 1 heterocycles. The Morgan fingerprint density at radius 2 is 1.84 bits per heavy atom. The van der Waals surface area contributed by atoms with Gasteiger partial charge in [0.25, 0.3) is 11.5 Å². The molecule has 0 aliphatic carbocycles. The quantitative estimate of drug-likeness (QED) is 0.140. The van der Waals surface area contributed by atoms with Crippen LogP contribution < -0.4 is 20.5 Å². The molecule has 1 aromatic heterocycles. The van der Waals surface area contributed by atoms with Crippen molar-refractivity contribution in [2.45, 2.75) is 19.0 Å². The van der Waals surface area contributed by atoms with Crippen LogP contribution >= 0.6 is 11.8 Å². The normalized spacial score (nSPS) is 11.1. The van der Waals surface area contributed by atoms with E-state index in [2.05, 4.69) is 15.5 Å². The number of carbonyl (C=O) groups is 1. The van der Waals surface area contributed by atoms with Crippen LogP contribution in [-0.2, 0) is 4.79 Å². The molecule has 190 valence electrons. The topological polar surface area (TPSA) is 115 Å². The Labute approximate surface area is 217 Å². The van der Waals surface area contributed by atoms with Crippen LogP contribution in [0.25, 0.3) is 16.6 Å². The van der Waals surface area contributed by atoms with Crippen molar-refractivity contribution in [3.63, 3.8) is 0 Å². The zero-order valence-electron chi connectivity index (χ0n) is 20.4. The molecule has 0 unspecified atom stereocenters. The summed E-state index contributed by atoms with van der Waals surface area (Å²) in [4.78, 5) is 30.5. The van der Waals surface area contributed by atoms with Gasteiger partial charge in [-0.1, -0.05) is 23.9 Å². The van der Waals surface area contributed by atoms with Crippen LogP contribution in [0.4, 0.5) is 0 Å². The van der Waals surface area contributed by atoms with Crippen molar-refractivity contribution in [3.05, 3.63) is 82.6 Å². The summed E-state index contributed by atoms with van der Waals surface area (Å²) in [5, 5.41) is 14.7. The SMILES string of the molecule is CCOc1ccc(-n2c(SCC(=O)N/N=C/c3ccc(O)c(OCC)c3)nc3ccccc3c2=O)cc1. The van der Waals surface area contributed by atoms with Gasteiger partial charge >= 0.3 is 0 Å². The Kier molecular flexibility index (Phi) is 8.42. The highest BCUT2D eigenvalue weighted by Crippen LogP contribution is 2.26. The van der Waals surface area contributed by atoms with Crippen LogP contribution in [0.3, 0.4) is 0 Å². The number of aromatic nitrogens is 2. The predicted octanol–water partition coefficient (Wildman–Crippen LogP) is 4.13. The van der Waals surface area contributed by atoms with E-state index >= 15 is 0 Å². The van der Waals surface area contributed by atoms with Gasteiger partial charge in [-0.15, -0.1) is 0 Å². The van der Waals surface area contributed by atoms with Crippen molar-refractivity contribution in [2.75, 3.05) is 19.0 Å². The molecule has 2 N–H and O–H groups in total. The summed E-state index contributed by atoms with van der Waals surface area (Å²) in [5.74, 6) is 0.676. The summed E-state index contributed by atoms with van der Waals surface area (Å²) in [6.45, 7) is 4.67. The maximum absolute atomic E-state index is 13.4. The van der Waals surface area contributed by atoms with E-state index in [0.29, 0.717) is 52.0 Å². The average molecular weight is 519 g/mol. The van der Waals surface area contributed by atoms with Gasteiger partial charge in [0.1, 0.15) is 5.75 Å². The minimum absolute atomic E-state index is 0.0150. The van der Waals surface area contributed by atoms with Crippen molar-refractivity contribution < 1.29 is 19.4 Å². The molecular formula is C27H26N4O5S. The number of fused-ring (bicyclic) bond motifs is 1. The lowest BCUT2D eigenvalue weighted by Crippen LogP contribution is -2.24. The molecule has 0 spiro atoms. The molecule has 0 fully saturated rings. The first kappa shape index (κ1) is 25.8. The molecule has 4 aromatic rings. The molecule has 0 radical (unpaired) electrons. The summed E-state index contributed by atoms with van der Waals surface area (Å²) in [7, 11) is 0. The molecule has 3 aromatic carbocycles. The number of carbonyl (C=O) groups excluding carboxylic acids is 1. The lowest BCUT2D eigenvalue weighted by atomic mass is 10.2. The van der Waals surface area contributed by atoms with Gasteiger partial charge < -0.3 is 14.6 Å². The van der Waals surface area contributed by atoms with Crippen LogP contribution in [0.1, 0.15) is 19.4 Å². The van der Waals surface area contributed by atoms with Gasteiger partial charge in [0.15, 0.2) is 16.7 Å². The standard InChI is InChI=1S/C27H26N4O5S/c1-3-35-20-12-10-19(11-13-20)31-26(34)21-7-5-6-8-22(21)29-27(31)37-17-25(33)30-28-16-18-9-14-23(32)24(15-18)36-4-2/h5-16,32H,3-4,17H2,1-2H3,(H,30,33)/b28-16+. The van der Waals surface area contributed by atoms with Gasteiger partial charge in [-0.2, -0.15) is 5.10 Å². The molecule has 0 atom stereocenters. The van der Waals surface area contributed by atoms with Crippen LogP contribution in [0.5, 0.6) is 17.2 Å². The van der Waals surface area contributed by atoms with E-state index in [1.165, 1.54) is 16.8 Å².